The molecule has 0 atom stereocenters. The molecule has 0 aromatic heterocycles. The number of carbonyl (C=O) groups is 1. The summed E-state index contributed by atoms with van der Waals surface area (Å²) < 4.78 is 16.3. The van der Waals surface area contributed by atoms with Crippen LogP contribution in [0.15, 0.2) is 36.4 Å². The first-order valence-corrected chi connectivity index (χ1v) is 6.36. The van der Waals surface area contributed by atoms with Crippen molar-refractivity contribution in [1.29, 1.82) is 0 Å². The summed E-state index contributed by atoms with van der Waals surface area (Å²) in [7, 11) is 3.09. The predicted octanol–water partition coefficient (Wildman–Crippen LogP) is 3.28. The fourth-order valence-electron chi connectivity index (χ4n) is 1.94. The third kappa shape index (κ3) is 3.08. The van der Waals surface area contributed by atoms with Crippen LogP contribution in [0.3, 0.4) is 0 Å². The van der Waals surface area contributed by atoms with Crippen LogP contribution in [0.2, 0.25) is 0 Å². The van der Waals surface area contributed by atoms with Crippen LogP contribution in [0.25, 0.3) is 0 Å². The molecule has 0 aliphatic rings. The maximum absolute atomic E-state index is 11.5. The van der Waals surface area contributed by atoms with Crippen molar-refractivity contribution in [3.8, 4) is 23.0 Å². The number of carbonyl (C=O) groups excluding carboxylic acids is 1. The highest BCUT2D eigenvalue weighted by atomic mass is 16.5. The van der Waals surface area contributed by atoms with Gasteiger partial charge in [-0.05, 0) is 37.3 Å². The molecule has 0 saturated carbocycles. The monoisotopic (exact) mass is 287 g/mol. The minimum Gasteiger partial charge on any atom is -0.493 e. The van der Waals surface area contributed by atoms with Crippen LogP contribution in [-0.4, -0.2) is 20.0 Å². The van der Waals surface area contributed by atoms with Gasteiger partial charge in [-0.2, -0.15) is 0 Å². The van der Waals surface area contributed by atoms with E-state index in [1.807, 2.05) is 0 Å². The van der Waals surface area contributed by atoms with Crippen molar-refractivity contribution in [2.24, 2.45) is 0 Å². The zero-order chi connectivity index (χ0) is 15.4. The number of hydrogen-bond donors (Lipinski definition) is 1. The van der Waals surface area contributed by atoms with Gasteiger partial charge in [-0.15, -0.1) is 0 Å². The molecule has 0 aliphatic carbocycles. The lowest BCUT2D eigenvalue weighted by Gasteiger charge is -2.14. The van der Waals surface area contributed by atoms with Crippen molar-refractivity contribution in [1.82, 2.24) is 0 Å². The second-order valence-corrected chi connectivity index (χ2v) is 4.40. The van der Waals surface area contributed by atoms with Crippen molar-refractivity contribution >= 4 is 11.5 Å². The first-order chi connectivity index (χ1) is 10.1. The Hall–Kier alpha value is -2.69. The molecule has 2 aromatic carbocycles. The lowest BCUT2D eigenvalue weighted by Crippen LogP contribution is -2.00. The topological polar surface area (TPSA) is 70.8 Å². The summed E-state index contributed by atoms with van der Waals surface area (Å²) in [5, 5.41) is 0. The van der Waals surface area contributed by atoms with E-state index in [0.717, 1.165) is 0 Å². The van der Waals surface area contributed by atoms with Gasteiger partial charge in [0.15, 0.2) is 17.3 Å². The molecule has 2 aromatic rings. The van der Waals surface area contributed by atoms with Crippen molar-refractivity contribution in [2.45, 2.75) is 6.92 Å². The number of nitrogens with two attached hydrogens (primary N) is 1. The van der Waals surface area contributed by atoms with Crippen molar-refractivity contribution in [3.63, 3.8) is 0 Å². The van der Waals surface area contributed by atoms with E-state index >= 15 is 0 Å². The van der Waals surface area contributed by atoms with Gasteiger partial charge in [0.25, 0.3) is 0 Å². The largest absolute Gasteiger partial charge is 0.493 e. The average molecular weight is 287 g/mol. The molecule has 0 amide bonds. The molecular weight excluding hydrogens is 270 g/mol. The molecular formula is C16H17NO4. The Balaban J connectivity index is 2.43. The minimum absolute atomic E-state index is 0.120. The number of para-hydroxylation sites is 1. The summed E-state index contributed by atoms with van der Waals surface area (Å²) in [6, 6.07) is 10.3. The molecule has 0 saturated heterocycles. The van der Waals surface area contributed by atoms with Crippen LogP contribution in [-0.2, 0) is 0 Å². The zero-order valence-electron chi connectivity index (χ0n) is 12.2. The molecule has 0 heterocycles. The Labute approximate surface area is 123 Å². The summed E-state index contributed by atoms with van der Waals surface area (Å²) in [6.45, 7) is 1.46. The molecule has 5 heteroatoms. The number of Topliss-reactive ketones (excluding diaryl/α,β-unsaturated/α-hetero) is 1. The van der Waals surface area contributed by atoms with Gasteiger partial charge in [0.05, 0.1) is 14.2 Å². The van der Waals surface area contributed by atoms with Crippen LogP contribution in [0.4, 0.5) is 5.69 Å². The molecule has 0 fully saturated rings. The Morgan fingerprint density at radius 1 is 1.05 bits per heavy atom. The number of rotatable bonds is 5. The van der Waals surface area contributed by atoms with Crippen molar-refractivity contribution in [3.05, 3.63) is 42.0 Å². The second kappa shape index (κ2) is 6.17. The average Bonchev–Trinajstić information content (AvgIpc) is 2.49. The molecule has 0 radical (unpaired) electrons. The van der Waals surface area contributed by atoms with Crippen molar-refractivity contribution in [2.75, 3.05) is 20.0 Å². The van der Waals surface area contributed by atoms with Gasteiger partial charge >= 0.3 is 0 Å². The van der Waals surface area contributed by atoms with E-state index in [2.05, 4.69) is 0 Å². The first kappa shape index (κ1) is 14.7. The number of benzene rings is 2. The molecule has 5 nitrogen and oxygen atoms in total. The fourth-order valence-corrected chi connectivity index (χ4v) is 1.94. The molecule has 21 heavy (non-hydrogen) atoms. The molecule has 0 unspecified atom stereocenters. The normalized spacial score (nSPS) is 10.0. The molecule has 2 N–H and O–H groups in total. The minimum atomic E-state index is -0.120. The van der Waals surface area contributed by atoms with E-state index in [0.29, 0.717) is 34.2 Å². The van der Waals surface area contributed by atoms with E-state index < -0.39 is 0 Å². The van der Waals surface area contributed by atoms with Crippen LogP contribution in [0.5, 0.6) is 23.0 Å². The van der Waals surface area contributed by atoms with E-state index in [9.17, 15) is 4.79 Å². The van der Waals surface area contributed by atoms with Gasteiger partial charge in [0.1, 0.15) is 5.75 Å². The van der Waals surface area contributed by atoms with Gasteiger partial charge in [0, 0.05) is 11.3 Å². The van der Waals surface area contributed by atoms with E-state index in [1.165, 1.54) is 6.92 Å². The molecule has 110 valence electrons. The quantitative estimate of drug-likeness (QED) is 0.675. The zero-order valence-corrected chi connectivity index (χ0v) is 12.2. The highest BCUT2D eigenvalue weighted by molar-refractivity contribution is 5.99. The van der Waals surface area contributed by atoms with Gasteiger partial charge in [0.2, 0.25) is 5.75 Å². The highest BCUT2D eigenvalue weighted by Gasteiger charge is 2.14. The van der Waals surface area contributed by atoms with Crippen LogP contribution < -0.4 is 19.9 Å². The number of ether oxygens (including phenoxy) is 3. The maximum atomic E-state index is 11.5. The third-order valence-electron chi connectivity index (χ3n) is 3.01. The smallest absolute Gasteiger partial charge is 0.210 e. The van der Waals surface area contributed by atoms with Crippen molar-refractivity contribution < 1.29 is 19.0 Å². The Bertz CT molecular complexity index is 645. The Kier molecular flexibility index (Phi) is 4.33. The number of anilines is 1. The number of hydrogen-bond acceptors (Lipinski definition) is 5. The summed E-state index contributed by atoms with van der Waals surface area (Å²) >= 11 is 0. The molecule has 0 bridgehead atoms. The summed E-state index contributed by atoms with van der Waals surface area (Å²) in [6.07, 6.45) is 0. The maximum Gasteiger partial charge on any atom is 0.210 e. The van der Waals surface area contributed by atoms with Gasteiger partial charge in [-0.25, -0.2) is 0 Å². The van der Waals surface area contributed by atoms with E-state index in [1.54, 1.807) is 50.6 Å². The van der Waals surface area contributed by atoms with E-state index in [4.69, 9.17) is 19.9 Å². The third-order valence-corrected chi connectivity index (χ3v) is 3.01. The number of ketones is 1. The second-order valence-electron chi connectivity index (χ2n) is 4.40. The Morgan fingerprint density at radius 2 is 1.67 bits per heavy atom. The lowest BCUT2D eigenvalue weighted by atomic mass is 10.1. The molecule has 0 spiro atoms. The van der Waals surface area contributed by atoms with Crippen LogP contribution in [0.1, 0.15) is 17.3 Å². The first-order valence-electron chi connectivity index (χ1n) is 6.36. The van der Waals surface area contributed by atoms with Gasteiger partial charge in [-0.3, -0.25) is 4.79 Å². The summed E-state index contributed by atoms with van der Waals surface area (Å²) in [5.41, 5.74) is 6.61. The highest BCUT2D eigenvalue weighted by Crippen LogP contribution is 2.40. The standard InChI is InChI=1S/C16H17NO4/c1-10(18)12-9-11(7-8-13(12)17)21-16-14(19-2)5-4-6-15(16)20-3/h4-9H,17H2,1-3H3. The van der Waals surface area contributed by atoms with E-state index in [-0.39, 0.29) is 5.78 Å². The lowest BCUT2D eigenvalue weighted by molar-refractivity contribution is 0.101. The summed E-state index contributed by atoms with van der Waals surface area (Å²) in [5.74, 6) is 1.88. The van der Waals surface area contributed by atoms with Gasteiger partial charge in [-0.1, -0.05) is 6.07 Å². The summed E-state index contributed by atoms with van der Waals surface area (Å²) in [4.78, 5) is 11.5. The fraction of sp³-hybridized carbons (Fsp3) is 0.188. The molecule has 0 aliphatic heterocycles. The number of methoxy groups -OCH3 is 2. The van der Waals surface area contributed by atoms with Gasteiger partial charge < -0.3 is 19.9 Å². The number of nitrogen functional groups attached to an aromatic ring is 1. The van der Waals surface area contributed by atoms with Crippen LogP contribution >= 0.6 is 0 Å². The SMILES string of the molecule is COc1cccc(OC)c1Oc1ccc(N)c(C(C)=O)c1. The molecule has 2 rings (SSSR count). The van der Waals surface area contributed by atoms with Crippen LogP contribution in [0, 0.1) is 0 Å². The Morgan fingerprint density at radius 3 is 2.19 bits per heavy atom. The predicted molar refractivity (Wildman–Crippen MR) is 80.5 cm³/mol.